The molecule has 0 aliphatic rings. The van der Waals surface area contributed by atoms with Gasteiger partial charge in [0.25, 0.3) is 0 Å². The minimum atomic E-state index is 0.0243. The normalized spacial score (nSPS) is 11.8. The van der Waals surface area contributed by atoms with Gasteiger partial charge in [-0.25, -0.2) is 0 Å². The van der Waals surface area contributed by atoms with Crippen molar-refractivity contribution in [3.8, 4) is 45.2 Å². The van der Waals surface area contributed by atoms with Crippen molar-refractivity contribution in [3.63, 3.8) is 0 Å². The second-order valence-corrected chi connectivity index (χ2v) is 11.4. The molecule has 0 atom stereocenters. The highest BCUT2D eigenvalue weighted by molar-refractivity contribution is 6.21. The van der Waals surface area contributed by atoms with Gasteiger partial charge in [0.2, 0.25) is 11.8 Å². The Bertz CT molecular complexity index is 2000. The summed E-state index contributed by atoms with van der Waals surface area (Å²) in [5.74, 6) is 1.02. The molecule has 0 unspecified atom stereocenters. The van der Waals surface area contributed by atoms with Crippen molar-refractivity contribution in [1.29, 1.82) is 0 Å². The van der Waals surface area contributed by atoms with Crippen molar-refractivity contribution in [2.24, 2.45) is 0 Å². The summed E-state index contributed by atoms with van der Waals surface area (Å²) in [6.45, 7) is 6.79. The van der Waals surface area contributed by atoms with E-state index in [1.54, 1.807) is 0 Å². The van der Waals surface area contributed by atoms with E-state index in [1.807, 2.05) is 48.8 Å². The molecule has 198 valence electrons. The maximum atomic E-state index is 6.02. The van der Waals surface area contributed by atoms with Gasteiger partial charge in [-0.3, -0.25) is 4.98 Å². The molecule has 0 bridgehead atoms. The molecular formula is C37H29N3O. The number of hydrogen-bond acceptors (Lipinski definition) is 4. The zero-order valence-electron chi connectivity index (χ0n) is 23.3. The quantitative estimate of drug-likeness (QED) is 0.212. The van der Waals surface area contributed by atoms with Crippen LogP contribution in [0.25, 0.3) is 66.7 Å². The molecule has 0 saturated carbocycles. The van der Waals surface area contributed by atoms with Gasteiger partial charge in [-0.15, -0.1) is 10.2 Å². The lowest BCUT2D eigenvalue weighted by Gasteiger charge is -2.23. The molecule has 41 heavy (non-hydrogen) atoms. The molecule has 5 aromatic carbocycles. The molecule has 0 saturated heterocycles. The van der Waals surface area contributed by atoms with Gasteiger partial charge in [-0.05, 0) is 85.6 Å². The first-order valence-electron chi connectivity index (χ1n) is 13.9. The molecule has 0 aliphatic carbocycles. The predicted molar refractivity (Wildman–Crippen MR) is 168 cm³/mol. The van der Waals surface area contributed by atoms with Gasteiger partial charge in [0.05, 0.1) is 0 Å². The van der Waals surface area contributed by atoms with Gasteiger partial charge in [0, 0.05) is 29.1 Å². The Morgan fingerprint density at radius 1 is 0.512 bits per heavy atom. The Labute approximate surface area is 239 Å². The standard InChI is InChI=1S/C37H29N3O/c1-37(2,3)28-19-20-31-32(22-28)34(27-12-9-21-38-23-27)30-14-8-7-13-29(30)33(31)24-15-17-26(18-16-24)36-40-39-35(41-36)25-10-5-4-6-11-25/h4-23H,1-3H3. The summed E-state index contributed by atoms with van der Waals surface area (Å²) in [5, 5.41) is 13.5. The van der Waals surface area contributed by atoms with Gasteiger partial charge in [-0.1, -0.05) is 93.6 Å². The molecule has 4 heteroatoms. The molecule has 0 spiro atoms. The van der Waals surface area contributed by atoms with E-state index >= 15 is 0 Å². The number of rotatable bonds is 4. The lowest BCUT2D eigenvalue weighted by Crippen LogP contribution is -2.10. The van der Waals surface area contributed by atoms with Gasteiger partial charge in [0.1, 0.15) is 0 Å². The highest BCUT2D eigenvalue weighted by atomic mass is 16.4. The van der Waals surface area contributed by atoms with Crippen molar-refractivity contribution < 1.29 is 4.42 Å². The third kappa shape index (κ3) is 4.48. The topological polar surface area (TPSA) is 51.8 Å². The summed E-state index contributed by atoms with van der Waals surface area (Å²) in [6, 6.07) is 38.1. The van der Waals surface area contributed by atoms with Crippen molar-refractivity contribution >= 4 is 21.5 Å². The largest absolute Gasteiger partial charge is 0.416 e. The summed E-state index contributed by atoms with van der Waals surface area (Å²) in [5.41, 5.74) is 7.81. The Hall–Kier alpha value is -5.09. The summed E-state index contributed by atoms with van der Waals surface area (Å²) >= 11 is 0. The van der Waals surface area contributed by atoms with Gasteiger partial charge < -0.3 is 4.42 Å². The summed E-state index contributed by atoms with van der Waals surface area (Å²) in [6.07, 6.45) is 3.80. The van der Waals surface area contributed by atoms with Gasteiger partial charge in [0.15, 0.2) is 0 Å². The molecule has 4 nitrogen and oxygen atoms in total. The monoisotopic (exact) mass is 531 g/mol. The Morgan fingerprint density at radius 3 is 1.71 bits per heavy atom. The zero-order valence-corrected chi connectivity index (χ0v) is 23.3. The van der Waals surface area contributed by atoms with Crippen molar-refractivity contribution in [2.45, 2.75) is 26.2 Å². The first kappa shape index (κ1) is 24.9. The minimum absolute atomic E-state index is 0.0243. The van der Waals surface area contributed by atoms with E-state index in [1.165, 1.54) is 38.2 Å². The third-order valence-electron chi connectivity index (χ3n) is 7.71. The van der Waals surface area contributed by atoms with E-state index in [4.69, 9.17) is 4.42 Å². The lowest BCUT2D eigenvalue weighted by atomic mass is 9.81. The number of nitrogens with zero attached hydrogens (tertiary/aromatic N) is 3. The number of aromatic nitrogens is 3. The SMILES string of the molecule is CC(C)(C)c1ccc2c(-c3ccc(-c4nnc(-c5ccccc5)o4)cc3)c3ccccc3c(-c3cccnc3)c2c1. The van der Waals surface area contributed by atoms with E-state index in [0.29, 0.717) is 11.8 Å². The molecule has 0 aliphatic heterocycles. The van der Waals surface area contributed by atoms with Crippen LogP contribution in [0.3, 0.4) is 0 Å². The number of fused-ring (bicyclic) bond motifs is 2. The lowest BCUT2D eigenvalue weighted by molar-refractivity contribution is 0.584. The van der Waals surface area contributed by atoms with Crippen molar-refractivity contribution in [3.05, 3.63) is 127 Å². The van der Waals surface area contributed by atoms with E-state index < -0.39 is 0 Å². The van der Waals surface area contributed by atoms with Crippen LogP contribution in [0.15, 0.2) is 126 Å². The average Bonchev–Trinajstić information content (AvgIpc) is 3.51. The highest BCUT2D eigenvalue weighted by Gasteiger charge is 2.20. The third-order valence-corrected chi connectivity index (χ3v) is 7.71. The first-order chi connectivity index (χ1) is 20.0. The van der Waals surface area contributed by atoms with Crippen LogP contribution < -0.4 is 0 Å². The van der Waals surface area contributed by atoms with Crippen LogP contribution in [0.4, 0.5) is 0 Å². The molecular weight excluding hydrogens is 502 g/mol. The maximum Gasteiger partial charge on any atom is 0.248 e. The predicted octanol–water partition coefficient (Wildman–Crippen LogP) is 9.74. The van der Waals surface area contributed by atoms with Crippen LogP contribution in [0.2, 0.25) is 0 Å². The minimum Gasteiger partial charge on any atom is -0.416 e. The van der Waals surface area contributed by atoms with Crippen LogP contribution in [0.5, 0.6) is 0 Å². The summed E-state index contributed by atoms with van der Waals surface area (Å²) in [7, 11) is 0. The van der Waals surface area contributed by atoms with Crippen LogP contribution in [-0.4, -0.2) is 15.2 Å². The highest BCUT2D eigenvalue weighted by Crippen LogP contribution is 2.44. The molecule has 2 aromatic heterocycles. The Kier molecular flexibility index (Phi) is 5.97. The van der Waals surface area contributed by atoms with Gasteiger partial charge in [-0.2, -0.15) is 0 Å². The van der Waals surface area contributed by atoms with Crippen LogP contribution in [-0.2, 0) is 5.41 Å². The molecule has 7 rings (SSSR count). The summed E-state index contributed by atoms with van der Waals surface area (Å²) < 4.78 is 6.02. The molecule has 0 radical (unpaired) electrons. The Morgan fingerprint density at radius 2 is 1.07 bits per heavy atom. The van der Waals surface area contributed by atoms with E-state index in [0.717, 1.165) is 22.3 Å². The van der Waals surface area contributed by atoms with E-state index in [9.17, 15) is 0 Å². The molecule has 0 amide bonds. The first-order valence-corrected chi connectivity index (χ1v) is 13.9. The number of benzene rings is 5. The molecule has 0 N–H and O–H groups in total. The van der Waals surface area contributed by atoms with Gasteiger partial charge >= 0.3 is 0 Å². The Balaban J connectivity index is 1.42. The zero-order chi connectivity index (χ0) is 28.0. The van der Waals surface area contributed by atoms with Crippen LogP contribution in [0.1, 0.15) is 26.3 Å². The van der Waals surface area contributed by atoms with E-state index in [2.05, 4.69) is 109 Å². The average molecular weight is 532 g/mol. The molecule has 0 fully saturated rings. The van der Waals surface area contributed by atoms with Crippen LogP contribution in [0, 0.1) is 0 Å². The fourth-order valence-corrected chi connectivity index (χ4v) is 5.59. The second-order valence-electron chi connectivity index (χ2n) is 11.4. The molecule has 7 aromatic rings. The smallest absolute Gasteiger partial charge is 0.248 e. The maximum absolute atomic E-state index is 6.02. The summed E-state index contributed by atoms with van der Waals surface area (Å²) in [4.78, 5) is 4.47. The fraction of sp³-hybridized carbons (Fsp3) is 0.108. The second kappa shape index (κ2) is 9.83. The fourth-order valence-electron chi connectivity index (χ4n) is 5.59. The molecule has 2 heterocycles. The van der Waals surface area contributed by atoms with Crippen molar-refractivity contribution in [1.82, 2.24) is 15.2 Å². The number of pyridine rings is 1. The number of hydrogen-bond donors (Lipinski definition) is 0. The van der Waals surface area contributed by atoms with Crippen molar-refractivity contribution in [2.75, 3.05) is 0 Å². The van der Waals surface area contributed by atoms with Crippen LogP contribution >= 0.6 is 0 Å². The van der Waals surface area contributed by atoms with E-state index in [-0.39, 0.29) is 5.41 Å².